The minimum Gasteiger partial charge on any atom is -0.394 e. The van der Waals surface area contributed by atoms with Crippen LogP contribution in [0.25, 0.3) is 0 Å². The van der Waals surface area contributed by atoms with E-state index in [0.29, 0.717) is 12.8 Å². The molecule has 0 fully saturated rings. The van der Waals surface area contributed by atoms with Gasteiger partial charge in [-0.2, -0.15) is 0 Å². The van der Waals surface area contributed by atoms with Crippen molar-refractivity contribution in [1.82, 2.24) is 5.32 Å². The van der Waals surface area contributed by atoms with Gasteiger partial charge in [0, 0.05) is 0 Å². The van der Waals surface area contributed by atoms with Crippen LogP contribution >= 0.6 is 0 Å². The fourth-order valence-electron chi connectivity index (χ4n) is 5.27. The molecule has 0 rings (SSSR count). The summed E-state index contributed by atoms with van der Waals surface area (Å²) in [7, 11) is 0. The Kier molecular flexibility index (Phi) is 30.3. The van der Waals surface area contributed by atoms with Gasteiger partial charge in [0.15, 0.2) is 0 Å². The van der Waals surface area contributed by atoms with E-state index >= 15 is 0 Å². The van der Waals surface area contributed by atoms with Crippen LogP contribution in [0.2, 0.25) is 0 Å². The van der Waals surface area contributed by atoms with Crippen LogP contribution in [-0.2, 0) is 4.79 Å². The molecule has 0 aromatic heterocycles. The summed E-state index contributed by atoms with van der Waals surface area (Å²) in [5.74, 6) is -0.602. The molecule has 0 aromatic rings. The average Bonchev–Trinajstić information content (AvgIpc) is 2.99. The maximum atomic E-state index is 12.4. The second kappa shape index (κ2) is 31.2. The second-order valence-electron chi connectivity index (χ2n) is 12.2. The Balaban J connectivity index is 3.89. The number of allylic oxidation sites excluding steroid dienone is 4. The van der Waals surface area contributed by atoms with E-state index in [-0.39, 0.29) is 0 Å². The molecule has 0 aromatic carbocycles. The third kappa shape index (κ3) is 25.3. The third-order valence-corrected chi connectivity index (χ3v) is 8.19. The lowest BCUT2D eigenvalue weighted by molar-refractivity contribution is -0.132. The van der Waals surface area contributed by atoms with Crippen molar-refractivity contribution in [3.05, 3.63) is 24.3 Å². The lowest BCUT2D eigenvalue weighted by Gasteiger charge is -2.27. The molecule has 0 radical (unpaired) electrons. The SMILES string of the molecule is CCCCCCC=CC=CCCCCCCC(O)C(=O)N[C@@H](CO)[C@H](O)[C@H](O)CCCCCCCCCCCCCC. The Morgan fingerprint density at radius 3 is 1.48 bits per heavy atom. The molecule has 4 atom stereocenters. The number of aliphatic hydroxyl groups excluding tert-OH is 4. The van der Waals surface area contributed by atoms with Crippen LogP contribution in [0, 0.1) is 0 Å². The van der Waals surface area contributed by atoms with Crippen LogP contribution in [0.1, 0.15) is 168 Å². The minimum absolute atomic E-state index is 0.345. The van der Waals surface area contributed by atoms with Gasteiger partial charge in [-0.3, -0.25) is 4.79 Å². The van der Waals surface area contributed by atoms with Crippen molar-refractivity contribution in [2.75, 3.05) is 6.61 Å². The number of unbranched alkanes of at least 4 members (excludes halogenated alkanes) is 19. The number of amides is 1. The molecule has 6 nitrogen and oxygen atoms in total. The van der Waals surface area contributed by atoms with Gasteiger partial charge in [-0.25, -0.2) is 0 Å². The summed E-state index contributed by atoms with van der Waals surface area (Å²) in [4.78, 5) is 12.4. The first-order chi connectivity index (χ1) is 20.5. The predicted molar refractivity (Wildman–Crippen MR) is 177 cm³/mol. The molecule has 0 heterocycles. The Morgan fingerprint density at radius 1 is 0.595 bits per heavy atom. The number of hydrogen-bond acceptors (Lipinski definition) is 5. The first-order valence-corrected chi connectivity index (χ1v) is 17.7. The van der Waals surface area contributed by atoms with E-state index in [0.717, 1.165) is 57.8 Å². The van der Waals surface area contributed by atoms with E-state index in [1.807, 2.05) is 0 Å². The normalized spacial score (nSPS) is 14.9. The molecule has 1 amide bonds. The molecule has 0 aliphatic heterocycles. The summed E-state index contributed by atoms with van der Waals surface area (Å²) in [6, 6.07) is -0.989. The zero-order valence-corrected chi connectivity index (χ0v) is 27.5. The standard InChI is InChI=1S/C36H69NO5/c1-3-5-7-9-11-13-15-17-18-20-22-24-26-28-30-34(40)36(42)37-32(31-38)35(41)33(39)29-27-25-23-21-19-16-14-12-10-8-6-4-2/h13,15,17-18,32-35,38-41H,3-12,14,16,19-31H2,1-2H3,(H,37,42)/t32-,33+,34?,35-/m0/s1. The van der Waals surface area contributed by atoms with Gasteiger partial charge >= 0.3 is 0 Å². The van der Waals surface area contributed by atoms with E-state index < -0.39 is 36.9 Å². The van der Waals surface area contributed by atoms with E-state index in [2.05, 4.69) is 43.5 Å². The highest BCUT2D eigenvalue weighted by atomic mass is 16.3. The highest BCUT2D eigenvalue weighted by Crippen LogP contribution is 2.15. The number of hydrogen-bond donors (Lipinski definition) is 5. The maximum absolute atomic E-state index is 12.4. The smallest absolute Gasteiger partial charge is 0.249 e. The number of carbonyl (C=O) groups excluding carboxylic acids is 1. The molecular weight excluding hydrogens is 526 g/mol. The Labute approximate surface area is 259 Å². The maximum Gasteiger partial charge on any atom is 0.249 e. The second-order valence-corrected chi connectivity index (χ2v) is 12.2. The summed E-state index contributed by atoms with van der Waals surface area (Å²) in [6.07, 6.45) is 31.9. The van der Waals surface area contributed by atoms with Crippen molar-refractivity contribution in [3.8, 4) is 0 Å². The van der Waals surface area contributed by atoms with Crippen molar-refractivity contribution >= 4 is 5.91 Å². The molecule has 0 bridgehead atoms. The van der Waals surface area contributed by atoms with Gasteiger partial charge in [-0.05, 0) is 38.5 Å². The van der Waals surface area contributed by atoms with Gasteiger partial charge in [0.1, 0.15) is 12.2 Å². The van der Waals surface area contributed by atoms with E-state index in [9.17, 15) is 25.2 Å². The predicted octanol–water partition coefficient (Wildman–Crippen LogP) is 8.06. The lowest BCUT2D eigenvalue weighted by atomic mass is 9.99. The monoisotopic (exact) mass is 596 g/mol. The van der Waals surface area contributed by atoms with Gasteiger partial charge in [-0.15, -0.1) is 0 Å². The molecule has 6 heteroatoms. The average molecular weight is 596 g/mol. The van der Waals surface area contributed by atoms with Crippen molar-refractivity contribution in [3.63, 3.8) is 0 Å². The number of rotatable bonds is 31. The fourth-order valence-corrected chi connectivity index (χ4v) is 5.27. The summed E-state index contributed by atoms with van der Waals surface area (Å²) in [5, 5.41) is 43.3. The van der Waals surface area contributed by atoms with Gasteiger partial charge < -0.3 is 25.7 Å². The molecule has 248 valence electrons. The molecule has 42 heavy (non-hydrogen) atoms. The number of nitrogens with one attached hydrogen (secondary N) is 1. The number of carbonyl (C=O) groups is 1. The molecule has 0 saturated heterocycles. The van der Waals surface area contributed by atoms with Crippen LogP contribution in [0.3, 0.4) is 0 Å². The molecule has 5 N–H and O–H groups in total. The number of aliphatic hydroxyl groups is 4. The molecule has 1 unspecified atom stereocenters. The lowest BCUT2D eigenvalue weighted by Crippen LogP contribution is -2.53. The van der Waals surface area contributed by atoms with E-state index in [1.54, 1.807) is 0 Å². The van der Waals surface area contributed by atoms with Gasteiger partial charge in [0.05, 0.1) is 18.8 Å². The summed E-state index contributed by atoms with van der Waals surface area (Å²) < 4.78 is 0. The van der Waals surface area contributed by atoms with Crippen molar-refractivity contribution in [2.45, 2.75) is 192 Å². The summed E-state index contributed by atoms with van der Waals surface area (Å²) in [6.45, 7) is 3.98. The van der Waals surface area contributed by atoms with Crippen LogP contribution in [0.4, 0.5) is 0 Å². The Bertz CT molecular complexity index is 638. The Morgan fingerprint density at radius 2 is 1.00 bits per heavy atom. The first kappa shape index (κ1) is 40.8. The summed E-state index contributed by atoms with van der Waals surface area (Å²) >= 11 is 0. The van der Waals surface area contributed by atoms with Gasteiger partial charge in [0.25, 0.3) is 0 Å². The van der Waals surface area contributed by atoms with Gasteiger partial charge in [-0.1, -0.05) is 154 Å². The largest absolute Gasteiger partial charge is 0.394 e. The highest BCUT2D eigenvalue weighted by molar-refractivity contribution is 5.80. The quantitative estimate of drug-likeness (QED) is 0.0411. The minimum atomic E-state index is -1.26. The molecular formula is C36H69NO5. The van der Waals surface area contributed by atoms with Crippen LogP contribution in [0.5, 0.6) is 0 Å². The Hall–Kier alpha value is -1.21. The van der Waals surface area contributed by atoms with Crippen molar-refractivity contribution in [2.24, 2.45) is 0 Å². The van der Waals surface area contributed by atoms with Crippen LogP contribution < -0.4 is 5.32 Å². The van der Waals surface area contributed by atoms with Crippen molar-refractivity contribution < 1.29 is 25.2 Å². The first-order valence-electron chi connectivity index (χ1n) is 17.7. The molecule has 0 aliphatic carbocycles. The zero-order valence-electron chi connectivity index (χ0n) is 27.5. The fraction of sp³-hybridized carbons (Fsp3) is 0.861. The third-order valence-electron chi connectivity index (χ3n) is 8.19. The van der Waals surface area contributed by atoms with E-state index in [1.165, 1.54) is 83.5 Å². The van der Waals surface area contributed by atoms with Crippen LogP contribution in [-0.4, -0.2) is 57.3 Å². The highest BCUT2D eigenvalue weighted by Gasteiger charge is 2.28. The van der Waals surface area contributed by atoms with E-state index in [4.69, 9.17) is 0 Å². The topological polar surface area (TPSA) is 110 Å². The van der Waals surface area contributed by atoms with Crippen molar-refractivity contribution in [1.29, 1.82) is 0 Å². The van der Waals surface area contributed by atoms with Crippen LogP contribution in [0.15, 0.2) is 24.3 Å². The zero-order chi connectivity index (χ0) is 31.1. The molecule has 0 saturated carbocycles. The molecule has 0 aliphatic rings. The molecule has 0 spiro atoms. The summed E-state index contributed by atoms with van der Waals surface area (Å²) in [5.41, 5.74) is 0. The van der Waals surface area contributed by atoms with Gasteiger partial charge in [0.2, 0.25) is 5.91 Å².